The Hall–Kier alpha value is -1.39. The third-order valence-electron chi connectivity index (χ3n) is 1.41. The Morgan fingerprint density at radius 2 is 2.50 bits per heavy atom. The van der Waals surface area contributed by atoms with E-state index < -0.39 is 0 Å². The van der Waals surface area contributed by atoms with Crippen molar-refractivity contribution in [1.29, 1.82) is 0 Å². The van der Waals surface area contributed by atoms with Crippen LogP contribution in [0.2, 0.25) is 0 Å². The fraction of sp³-hybridized carbons (Fsp3) is 0.571. The summed E-state index contributed by atoms with van der Waals surface area (Å²) in [5, 5.41) is 6.69. The predicted octanol–water partition coefficient (Wildman–Crippen LogP) is -0.159. The number of carbonyl (C=O) groups excluding carboxylic acids is 1. The van der Waals surface area contributed by atoms with Crippen molar-refractivity contribution in [3.63, 3.8) is 0 Å². The molecule has 0 saturated heterocycles. The number of rotatable bonds is 3. The Labute approximate surface area is 70.8 Å². The molecule has 5 heteroatoms. The molecule has 1 rings (SSSR count). The molecule has 0 atom stereocenters. The molecule has 1 aromatic rings. The highest BCUT2D eigenvalue weighted by molar-refractivity contribution is 5.75. The van der Waals surface area contributed by atoms with Crippen LogP contribution in [0.25, 0.3) is 0 Å². The lowest BCUT2D eigenvalue weighted by Gasteiger charge is -1.97. The summed E-state index contributed by atoms with van der Waals surface area (Å²) in [5.41, 5.74) is 0. The monoisotopic (exact) mass is 168 g/mol. The summed E-state index contributed by atoms with van der Waals surface area (Å²) >= 11 is 0. The van der Waals surface area contributed by atoms with Crippen molar-refractivity contribution in [2.24, 2.45) is 7.05 Å². The topological polar surface area (TPSA) is 59.8 Å². The predicted molar refractivity (Wildman–Crippen MR) is 43.1 cm³/mol. The maximum atomic E-state index is 10.8. The number of nitrogens with one attached hydrogen (secondary N) is 1. The average molecular weight is 168 g/mol. The van der Waals surface area contributed by atoms with Crippen molar-refractivity contribution in [3.8, 4) is 0 Å². The Kier molecular flexibility index (Phi) is 2.79. The minimum atomic E-state index is 0.0162. The first kappa shape index (κ1) is 8.70. The van der Waals surface area contributed by atoms with Gasteiger partial charge in [0.1, 0.15) is 6.33 Å². The molecule has 66 valence electrons. The number of aromatic nitrogens is 3. The second kappa shape index (κ2) is 3.85. The second-order valence-electron chi connectivity index (χ2n) is 2.46. The lowest BCUT2D eigenvalue weighted by atomic mass is 10.4. The molecule has 0 aliphatic heterocycles. The van der Waals surface area contributed by atoms with Crippen LogP contribution in [0.1, 0.15) is 19.2 Å². The van der Waals surface area contributed by atoms with Crippen LogP contribution in [0.15, 0.2) is 6.33 Å². The van der Waals surface area contributed by atoms with Gasteiger partial charge in [-0.05, 0) is 0 Å². The fourth-order valence-corrected chi connectivity index (χ4v) is 0.768. The molecule has 1 N–H and O–H groups in total. The molecular formula is C7H12N4O. The van der Waals surface area contributed by atoms with Gasteiger partial charge in [0.25, 0.3) is 0 Å². The van der Waals surface area contributed by atoms with Gasteiger partial charge in [-0.2, -0.15) is 5.10 Å². The van der Waals surface area contributed by atoms with E-state index in [1.54, 1.807) is 25.0 Å². The summed E-state index contributed by atoms with van der Waals surface area (Å²) in [7, 11) is 1.79. The lowest BCUT2D eigenvalue weighted by Crippen LogP contribution is -2.22. The molecular weight excluding hydrogens is 156 g/mol. The second-order valence-corrected chi connectivity index (χ2v) is 2.46. The quantitative estimate of drug-likeness (QED) is 0.682. The number of carbonyl (C=O) groups is 1. The van der Waals surface area contributed by atoms with Gasteiger partial charge in [-0.1, -0.05) is 6.92 Å². The van der Waals surface area contributed by atoms with Gasteiger partial charge >= 0.3 is 0 Å². The molecule has 0 radical (unpaired) electrons. The van der Waals surface area contributed by atoms with Gasteiger partial charge < -0.3 is 5.32 Å². The molecule has 0 aromatic carbocycles. The molecule has 1 aromatic heterocycles. The van der Waals surface area contributed by atoms with Crippen LogP contribution in [-0.4, -0.2) is 20.7 Å². The first-order valence-corrected chi connectivity index (χ1v) is 3.83. The Morgan fingerprint density at radius 1 is 1.75 bits per heavy atom. The van der Waals surface area contributed by atoms with E-state index in [-0.39, 0.29) is 5.91 Å². The molecule has 0 spiro atoms. The maximum Gasteiger partial charge on any atom is 0.220 e. The van der Waals surface area contributed by atoms with Gasteiger partial charge in [0.2, 0.25) is 5.91 Å². The molecule has 1 heterocycles. The normalized spacial score (nSPS) is 9.83. The van der Waals surface area contributed by atoms with E-state index in [9.17, 15) is 4.79 Å². The van der Waals surface area contributed by atoms with Crippen LogP contribution < -0.4 is 5.32 Å². The van der Waals surface area contributed by atoms with Crippen molar-refractivity contribution >= 4 is 5.91 Å². The van der Waals surface area contributed by atoms with Crippen LogP contribution in [0, 0.1) is 0 Å². The fourth-order valence-electron chi connectivity index (χ4n) is 0.768. The van der Waals surface area contributed by atoms with Crippen molar-refractivity contribution in [1.82, 2.24) is 20.1 Å². The van der Waals surface area contributed by atoms with Crippen LogP contribution >= 0.6 is 0 Å². The van der Waals surface area contributed by atoms with Crippen molar-refractivity contribution < 1.29 is 4.79 Å². The Balaban J connectivity index is 2.38. The van der Waals surface area contributed by atoms with Crippen LogP contribution in [0.3, 0.4) is 0 Å². The Morgan fingerprint density at radius 3 is 3.00 bits per heavy atom. The highest BCUT2D eigenvalue weighted by atomic mass is 16.1. The van der Waals surface area contributed by atoms with E-state index in [1.165, 1.54) is 0 Å². The van der Waals surface area contributed by atoms with E-state index in [1.807, 2.05) is 0 Å². The van der Waals surface area contributed by atoms with E-state index in [0.717, 1.165) is 0 Å². The smallest absolute Gasteiger partial charge is 0.220 e. The summed E-state index contributed by atoms with van der Waals surface area (Å²) in [6.45, 7) is 2.22. The number of hydrogen-bond donors (Lipinski definition) is 1. The standard InChI is InChI=1S/C7H12N4O/c1-3-7(12)8-4-6-9-5-11(2)10-6/h5H,3-4H2,1-2H3,(H,8,12). The summed E-state index contributed by atoms with van der Waals surface area (Å²) in [5.74, 6) is 0.654. The molecule has 0 aliphatic rings. The van der Waals surface area contributed by atoms with E-state index >= 15 is 0 Å². The van der Waals surface area contributed by atoms with Gasteiger partial charge in [0, 0.05) is 13.5 Å². The number of hydrogen-bond acceptors (Lipinski definition) is 3. The molecule has 0 fully saturated rings. The zero-order valence-electron chi connectivity index (χ0n) is 7.24. The van der Waals surface area contributed by atoms with Crippen molar-refractivity contribution in [2.75, 3.05) is 0 Å². The first-order valence-electron chi connectivity index (χ1n) is 3.83. The van der Waals surface area contributed by atoms with Crippen LogP contribution in [-0.2, 0) is 18.4 Å². The molecule has 1 amide bonds. The van der Waals surface area contributed by atoms with Gasteiger partial charge in [0.05, 0.1) is 6.54 Å². The number of amides is 1. The van der Waals surface area contributed by atoms with Crippen LogP contribution in [0.5, 0.6) is 0 Å². The van der Waals surface area contributed by atoms with Gasteiger partial charge in [-0.15, -0.1) is 0 Å². The number of nitrogens with zero attached hydrogens (tertiary/aromatic N) is 3. The lowest BCUT2D eigenvalue weighted by molar-refractivity contribution is -0.120. The van der Waals surface area contributed by atoms with Crippen LogP contribution in [0.4, 0.5) is 0 Å². The average Bonchev–Trinajstić information content (AvgIpc) is 2.47. The van der Waals surface area contributed by atoms with Gasteiger partial charge in [-0.25, -0.2) is 4.98 Å². The summed E-state index contributed by atoms with van der Waals surface area (Å²) < 4.78 is 1.60. The highest BCUT2D eigenvalue weighted by Crippen LogP contribution is 1.87. The third kappa shape index (κ3) is 2.34. The zero-order valence-corrected chi connectivity index (χ0v) is 7.24. The van der Waals surface area contributed by atoms with E-state index in [4.69, 9.17) is 0 Å². The molecule has 0 aliphatic carbocycles. The maximum absolute atomic E-state index is 10.8. The molecule has 0 unspecified atom stereocenters. The molecule has 12 heavy (non-hydrogen) atoms. The van der Waals surface area contributed by atoms with Crippen molar-refractivity contribution in [3.05, 3.63) is 12.2 Å². The summed E-state index contributed by atoms with van der Waals surface area (Å²) in [6, 6.07) is 0. The van der Waals surface area contributed by atoms with E-state index in [2.05, 4.69) is 15.4 Å². The number of aryl methyl sites for hydroxylation is 1. The highest BCUT2D eigenvalue weighted by Gasteiger charge is 2.00. The Bertz CT molecular complexity index is 268. The first-order chi connectivity index (χ1) is 5.72. The molecule has 0 bridgehead atoms. The van der Waals surface area contributed by atoms with Gasteiger partial charge in [0.15, 0.2) is 5.82 Å². The van der Waals surface area contributed by atoms with Gasteiger partial charge in [-0.3, -0.25) is 9.48 Å². The zero-order chi connectivity index (χ0) is 8.97. The minimum Gasteiger partial charge on any atom is -0.349 e. The SMILES string of the molecule is CCC(=O)NCc1ncn(C)n1. The summed E-state index contributed by atoms with van der Waals surface area (Å²) in [6.07, 6.45) is 2.10. The molecule has 0 saturated carbocycles. The van der Waals surface area contributed by atoms with Crippen molar-refractivity contribution in [2.45, 2.75) is 19.9 Å². The van der Waals surface area contributed by atoms with E-state index in [0.29, 0.717) is 18.8 Å². The third-order valence-corrected chi connectivity index (χ3v) is 1.41. The minimum absolute atomic E-state index is 0.0162. The molecule has 5 nitrogen and oxygen atoms in total. The summed E-state index contributed by atoms with van der Waals surface area (Å²) in [4.78, 5) is 14.8. The largest absolute Gasteiger partial charge is 0.349 e.